The average Bonchev–Trinajstić information content (AvgIpc) is 3.33. The molecule has 0 fully saturated rings. The number of hydrogen-bond donors (Lipinski definition) is 1. The van der Waals surface area contributed by atoms with Gasteiger partial charge in [-0.2, -0.15) is 5.10 Å². The van der Waals surface area contributed by atoms with Crippen molar-refractivity contribution in [1.82, 2.24) is 19.7 Å². The fraction of sp³-hybridized carbons (Fsp3) is 0.333. The third-order valence-electron chi connectivity index (χ3n) is 7.04. The summed E-state index contributed by atoms with van der Waals surface area (Å²) in [5, 5.41) is 15.0. The fourth-order valence-electron chi connectivity index (χ4n) is 5.08. The highest BCUT2D eigenvalue weighted by atomic mass is 35.5. The largest absolute Gasteiger partial charge is 0.508 e. The number of aromatic hydroxyl groups is 1. The Morgan fingerprint density at radius 3 is 2.67 bits per heavy atom. The maximum Gasteiger partial charge on any atom is 0.234 e. The summed E-state index contributed by atoms with van der Waals surface area (Å²) in [6.07, 6.45) is 9.79. The minimum atomic E-state index is -0.313. The molecule has 5 rings (SSSR count). The second-order valence-electron chi connectivity index (χ2n) is 10.2. The highest BCUT2D eigenvalue weighted by Crippen LogP contribution is 2.38. The molecule has 1 aliphatic rings. The lowest BCUT2D eigenvalue weighted by molar-refractivity contribution is -0.120. The van der Waals surface area contributed by atoms with Crippen molar-refractivity contribution in [2.24, 2.45) is 0 Å². The highest BCUT2D eigenvalue weighted by Gasteiger charge is 2.32. The third kappa shape index (κ3) is 6.78. The number of hydrogen-bond acceptors (Lipinski definition) is 5. The molecule has 1 aromatic carbocycles. The van der Waals surface area contributed by atoms with Crippen LogP contribution in [0.5, 0.6) is 5.75 Å². The number of carbonyl (C=O) groups excluding carboxylic acids is 1. The van der Waals surface area contributed by atoms with Gasteiger partial charge in [-0.05, 0) is 79.1 Å². The third-order valence-corrected chi connectivity index (χ3v) is 7.04. The molecule has 1 N–H and O–H groups in total. The van der Waals surface area contributed by atoms with Crippen LogP contribution in [0.15, 0.2) is 67.3 Å². The van der Waals surface area contributed by atoms with Crippen LogP contribution in [0.1, 0.15) is 72.2 Å². The maximum absolute atomic E-state index is 14.1. The molecule has 39 heavy (non-hydrogen) atoms. The normalized spacial score (nSPS) is 14.2. The number of aryl methyl sites for hydroxylation is 1. The van der Waals surface area contributed by atoms with Crippen LogP contribution in [0, 0.1) is 6.92 Å². The molecule has 0 spiro atoms. The van der Waals surface area contributed by atoms with E-state index in [9.17, 15) is 9.90 Å². The second kappa shape index (κ2) is 13.1. The van der Waals surface area contributed by atoms with Crippen molar-refractivity contribution in [3.05, 3.63) is 101 Å². The Hall–Kier alpha value is -3.42. The molecule has 0 saturated heterocycles. The van der Waals surface area contributed by atoms with E-state index in [1.165, 1.54) is 0 Å². The topological polar surface area (TPSA) is 84.1 Å². The summed E-state index contributed by atoms with van der Waals surface area (Å²) in [7, 11) is 0. The number of aromatic nitrogens is 4. The number of carbonyl (C=O) groups is 1. The zero-order valence-corrected chi connectivity index (χ0v) is 24.1. The van der Waals surface area contributed by atoms with E-state index in [1.807, 2.05) is 65.4 Å². The molecule has 7 nitrogen and oxygen atoms in total. The first-order valence-electron chi connectivity index (χ1n) is 12.9. The molecule has 4 aromatic rings. The Bertz CT molecular complexity index is 1400. The molecule has 0 aliphatic heterocycles. The molecular weight excluding hydrogens is 533 g/mol. The molecule has 3 aromatic heterocycles. The Morgan fingerprint density at radius 1 is 1.13 bits per heavy atom. The van der Waals surface area contributed by atoms with Crippen LogP contribution in [-0.4, -0.2) is 30.8 Å². The van der Waals surface area contributed by atoms with Gasteiger partial charge >= 0.3 is 0 Å². The SMILES string of the molecule is Cc1ccnc(Cn2cc(CN(C(=O)C3CCCc4c(O)cccc43)c3ccc(C(C)C)nc3)cn2)c1.Cl.Cl. The van der Waals surface area contributed by atoms with Crippen molar-refractivity contribution in [3.63, 3.8) is 0 Å². The first-order valence-corrected chi connectivity index (χ1v) is 12.9. The summed E-state index contributed by atoms with van der Waals surface area (Å²) in [4.78, 5) is 25.0. The van der Waals surface area contributed by atoms with E-state index in [0.29, 0.717) is 19.0 Å². The number of fused-ring (bicyclic) bond motifs is 1. The van der Waals surface area contributed by atoms with E-state index in [1.54, 1.807) is 12.3 Å². The summed E-state index contributed by atoms with van der Waals surface area (Å²) in [5.74, 6) is 0.279. The van der Waals surface area contributed by atoms with Crippen molar-refractivity contribution in [2.45, 2.75) is 65.0 Å². The lowest BCUT2D eigenvalue weighted by atomic mass is 9.81. The molecule has 0 radical (unpaired) electrons. The average molecular weight is 569 g/mol. The van der Waals surface area contributed by atoms with Crippen LogP contribution in [0.4, 0.5) is 5.69 Å². The monoisotopic (exact) mass is 567 g/mol. The minimum absolute atomic E-state index is 0. The first-order chi connectivity index (χ1) is 17.9. The fourth-order valence-corrected chi connectivity index (χ4v) is 5.08. The number of anilines is 1. The van der Waals surface area contributed by atoms with Crippen LogP contribution in [0.3, 0.4) is 0 Å². The smallest absolute Gasteiger partial charge is 0.234 e. The van der Waals surface area contributed by atoms with Gasteiger partial charge in [0.2, 0.25) is 5.91 Å². The van der Waals surface area contributed by atoms with Gasteiger partial charge in [0.1, 0.15) is 5.75 Å². The summed E-state index contributed by atoms with van der Waals surface area (Å²) < 4.78 is 1.85. The van der Waals surface area contributed by atoms with E-state index < -0.39 is 0 Å². The van der Waals surface area contributed by atoms with Gasteiger partial charge in [-0.1, -0.05) is 26.0 Å². The van der Waals surface area contributed by atoms with Crippen LogP contribution in [0.2, 0.25) is 0 Å². The number of rotatable bonds is 7. The number of amides is 1. The van der Waals surface area contributed by atoms with Crippen LogP contribution >= 0.6 is 24.8 Å². The molecule has 1 atom stereocenters. The first kappa shape index (κ1) is 30.1. The number of phenols is 1. The Balaban J connectivity index is 0.00000210. The molecule has 1 unspecified atom stereocenters. The van der Waals surface area contributed by atoms with Gasteiger partial charge in [-0.25, -0.2) is 0 Å². The predicted octanol–water partition coefficient (Wildman–Crippen LogP) is 6.36. The van der Waals surface area contributed by atoms with Crippen molar-refractivity contribution >= 4 is 36.4 Å². The zero-order valence-electron chi connectivity index (χ0n) is 22.4. The minimum Gasteiger partial charge on any atom is -0.508 e. The molecular formula is C30H35Cl2N5O2. The van der Waals surface area contributed by atoms with Crippen molar-refractivity contribution in [2.75, 3.05) is 4.90 Å². The zero-order chi connectivity index (χ0) is 25.9. The second-order valence-corrected chi connectivity index (χ2v) is 10.2. The quantitative estimate of drug-likeness (QED) is 0.281. The maximum atomic E-state index is 14.1. The highest BCUT2D eigenvalue weighted by molar-refractivity contribution is 5.98. The molecule has 0 saturated carbocycles. The van der Waals surface area contributed by atoms with Crippen molar-refractivity contribution in [1.29, 1.82) is 0 Å². The van der Waals surface area contributed by atoms with Gasteiger partial charge in [0.05, 0.1) is 42.8 Å². The molecule has 3 heterocycles. The van der Waals surface area contributed by atoms with E-state index in [0.717, 1.165) is 58.6 Å². The summed E-state index contributed by atoms with van der Waals surface area (Å²) in [6, 6.07) is 13.5. The van der Waals surface area contributed by atoms with Crippen molar-refractivity contribution in [3.8, 4) is 5.75 Å². The summed E-state index contributed by atoms with van der Waals surface area (Å²) in [5.41, 5.74) is 6.59. The number of phenolic OH excluding ortho intramolecular Hbond substituents is 1. The standard InChI is InChI=1S/C30H33N5O2.2ClH/c1-20(2)28-11-10-24(16-32-28)35(30(37)27-8-4-7-26-25(27)6-5-9-29(26)36)18-22-15-33-34(17-22)19-23-14-21(3)12-13-31-23;;/h5-6,9-17,20,27,36H,4,7-8,18-19H2,1-3H3;2*1H. The summed E-state index contributed by atoms with van der Waals surface area (Å²) in [6.45, 7) is 7.20. The van der Waals surface area contributed by atoms with Gasteiger partial charge < -0.3 is 10.0 Å². The van der Waals surface area contributed by atoms with E-state index in [-0.39, 0.29) is 42.4 Å². The van der Waals surface area contributed by atoms with Crippen LogP contribution in [-0.2, 0) is 24.3 Å². The molecule has 1 aliphatic carbocycles. The van der Waals surface area contributed by atoms with Gasteiger partial charge in [0.15, 0.2) is 0 Å². The predicted molar refractivity (Wildman–Crippen MR) is 158 cm³/mol. The lowest BCUT2D eigenvalue weighted by Crippen LogP contribution is -2.36. The van der Waals surface area contributed by atoms with E-state index >= 15 is 0 Å². The van der Waals surface area contributed by atoms with Gasteiger partial charge in [0, 0.05) is 23.7 Å². The van der Waals surface area contributed by atoms with Crippen LogP contribution < -0.4 is 4.90 Å². The molecule has 0 bridgehead atoms. The molecule has 1 amide bonds. The Labute approximate surface area is 242 Å². The van der Waals surface area contributed by atoms with E-state index in [4.69, 9.17) is 0 Å². The number of halogens is 2. The Morgan fingerprint density at radius 2 is 1.95 bits per heavy atom. The van der Waals surface area contributed by atoms with Gasteiger partial charge in [-0.15, -0.1) is 24.8 Å². The van der Waals surface area contributed by atoms with E-state index in [2.05, 4.69) is 35.0 Å². The van der Waals surface area contributed by atoms with Gasteiger partial charge in [0.25, 0.3) is 0 Å². The number of benzene rings is 1. The Kier molecular flexibility index (Phi) is 10.1. The van der Waals surface area contributed by atoms with Crippen molar-refractivity contribution < 1.29 is 9.90 Å². The summed E-state index contributed by atoms with van der Waals surface area (Å²) >= 11 is 0. The van der Waals surface area contributed by atoms with Gasteiger partial charge in [-0.3, -0.25) is 19.4 Å². The molecule has 206 valence electrons. The number of pyridine rings is 2. The number of nitrogens with zero attached hydrogens (tertiary/aromatic N) is 5. The lowest BCUT2D eigenvalue weighted by Gasteiger charge is -2.31. The van der Waals surface area contributed by atoms with Crippen LogP contribution in [0.25, 0.3) is 0 Å². The molecule has 9 heteroatoms.